The summed E-state index contributed by atoms with van der Waals surface area (Å²) in [6.45, 7) is 3.21. The van der Waals surface area contributed by atoms with Crippen LogP contribution in [0.2, 0.25) is 0 Å². The molecular weight excluding hydrogens is 362 g/mol. The van der Waals surface area contributed by atoms with Gasteiger partial charge in [0, 0.05) is 25.3 Å². The lowest BCUT2D eigenvalue weighted by atomic mass is 9.90. The molecule has 0 aromatic heterocycles. The van der Waals surface area contributed by atoms with E-state index in [1.165, 1.54) is 12.1 Å². The highest BCUT2D eigenvalue weighted by molar-refractivity contribution is 5.89. The summed E-state index contributed by atoms with van der Waals surface area (Å²) in [7, 11) is 0. The minimum absolute atomic E-state index is 0.0190. The van der Waals surface area contributed by atoms with Crippen molar-refractivity contribution in [1.29, 1.82) is 5.26 Å². The minimum atomic E-state index is -0.767. The summed E-state index contributed by atoms with van der Waals surface area (Å²) in [6, 6.07) is 14.3. The van der Waals surface area contributed by atoms with E-state index in [4.69, 9.17) is 14.7 Å². The third-order valence-corrected chi connectivity index (χ3v) is 4.50. The van der Waals surface area contributed by atoms with Gasteiger partial charge in [-0.25, -0.2) is 0 Å². The number of hydrogen-bond donors (Lipinski definition) is 0. The molecular formula is C20H19N3O5. The quantitative estimate of drug-likeness (QED) is 0.301. The molecule has 0 aliphatic carbocycles. The molecule has 1 heterocycles. The van der Waals surface area contributed by atoms with Crippen LogP contribution in [0.1, 0.15) is 24.1 Å². The monoisotopic (exact) mass is 381 g/mol. The number of nitrogens with zero attached hydrogens (tertiary/aromatic N) is 3. The number of hydrogen-bond acceptors (Lipinski definition) is 6. The van der Waals surface area contributed by atoms with Crippen LogP contribution in [0.25, 0.3) is 0 Å². The average molecular weight is 381 g/mol. The van der Waals surface area contributed by atoms with Gasteiger partial charge in [-0.2, -0.15) is 5.26 Å². The van der Waals surface area contributed by atoms with Gasteiger partial charge in [-0.05, 0) is 42.8 Å². The molecule has 144 valence electrons. The van der Waals surface area contributed by atoms with Crippen LogP contribution in [0.5, 0.6) is 5.75 Å². The average Bonchev–Trinajstić information content (AvgIpc) is 2.72. The second-order valence-electron chi connectivity index (χ2n) is 6.20. The Morgan fingerprint density at radius 1 is 1.25 bits per heavy atom. The van der Waals surface area contributed by atoms with Gasteiger partial charge in [0.2, 0.25) is 6.10 Å². The SMILES string of the molecule is CCOCCN1C(=O)C(Oc2cccc(C#N)c2)C1c1ccc([N+](=O)[O-])cc1. The maximum absolute atomic E-state index is 12.6. The summed E-state index contributed by atoms with van der Waals surface area (Å²) in [4.78, 5) is 24.7. The van der Waals surface area contributed by atoms with Crippen LogP contribution >= 0.6 is 0 Å². The van der Waals surface area contributed by atoms with Crippen molar-refractivity contribution in [3.8, 4) is 11.8 Å². The van der Waals surface area contributed by atoms with Crippen LogP contribution < -0.4 is 4.74 Å². The molecule has 2 aromatic carbocycles. The van der Waals surface area contributed by atoms with Gasteiger partial charge in [-0.3, -0.25) is 14.9 Å². The number of carbonyl (C=O) groups is 1. The highest BCUT2D eigenvalue weighted by Crippen LogP contribution is 2.38. The van der Waals surface area contributed by atoms with E-state index >= 15 is 0 Å². The third-order valence-electron chi connectivity index (χ3n) is 4.50. The van der Waals surface area contributed by atoms with Crippen LogP contribution in [0.3, 0.4) is 0 Å². The van der Waals surface area contributed by atoms with Crippen molar-refractivity contribution < 1.29 is 19.2 Å². The first-order valence-corrected chi connectivity index (χ1v) is 8.84. The summed E-state index contributed by atoms with van der Waals surface area (Å²) in [5.41, 5.74) is 1.15. The van der Waals surface area contributed by atoms with Crippen molar-refractivity contribution in [3.05, 3.63) is 69.8 Å². The smallest absolute Gasteiger partial charge is 0.269 e. The zero-order valence-electron chi connectivity index (χ0n) is 15.3. The lowest BCUT2D eigenvalue weighted by Crippen LogP contribution is -2.61. The van der Waals surface area contributed by atoms with Gasteiger partial charge in [-0.15, -0.1) is 0 Å². The number of non-ortho nitro benzene ring substituents is 1. The molecule has 2 unspecified atom stereocenters. The third kappa shape index (κ3) is 3.94. The molecule has 8 nitrogen and oxygen atoms in total. The number of β-lactam (4-membered cyclic amide) rings is 1. The fourth-order valence-corrected chi connectivity index (χ4v) is 3.12. The van der Waals surface area contributed by atoms with E-state index in [1.807, 2.05) is 13.0 Å². The number of amides is 1. The van der Waals surface area contributed by atoms with Crippen molar-refractivity contribution in [2.24, 2.45) is 0 Å². The maximum atomic E-state index is 12.6. The molecule has 28 heavy (non-hydrogen) atoms. The number of benzene rings is 2. The number of likely N-dealkylation sites (tertiary alicyclic amines) is 1. The first-order valence-electron chi connectivity index (χ1n) is 8.84. The highest BCUT2D eigenvalue weighted by Gasteiger charge is 2.49. The van der Waals surface area contributed by atoms with E-state index in [-0.39, 0.29) is 17.6 Å². The van der Waals surface area contributed by atoms with Crippen molar-refractivity contribution >= 4 is 11.6 Å². The van der Waals surface area contributed by atoms with E-state index < -0.39 is 11.0 Å². The van der Waals surface area contributed by atoms with E-state index in [1.54, 1.807) is 41.3 Å². The maximum Gasteiger partial charge on any atom is 0.269 e. The van der Waals surface area contributed by atoms with E-state index in [0.29, 0.717) is 31.1 Å². The Morgan fingerprint density at radius 3 is 2.64 bits per heavy atom. The fourth-order valence-electron chi connectivity index (χ4n) is 3.12. The number of nitro groups is 1. The number of rotatable bonds is 8. The molecule has 1 aliphatic rings. The minimum Gasteiger partial charge on any atom is -0.478 e. The van der Waals surface area contributed by atoms with Crippen molar-refractivity contribution in [1.82, 2.24) is 4.90 Å². The Balaban J connectivity index is 1.83. The summed E-state index contributed by atoms with van der Waals surface area (Å²) in [6.07, 6.45) is -0.767. The Kier molecular flexibility index (Phi) is 5.87. The summed E-state index contributed by atoms with van der Waals surface area (Å²) < 4.78 is 11.2. The van der Waals surface area contributed by atoms with E-state index in [9.17, 15) is 14.9 Å². The molecule has 0 saturated carbocycles. The van der Waals surface area contributed by atoms with Gasteiger partial charge in [0.05, 0.1) is 23.2 Å². The molecule has 1 saturated heterocycles. The topological polar surface area (TPSA) is 106 Å². The first-order chi connectivity index (χ1) is 13.5. The van der Waals surface area contributed by atoms with Crippen LogP contribution in [0, 0.1) is 21.4 Å². The number of nitriles is 1. The second kappa shape index (κ2) is 8.50. The molecule has 2 aromatic rings. The molecule has 3 rings (SSSR count). The second-order valence-corrected chi connectivity index (χ2v) is 6.20. The van der Waals surface area contributed by atoms with Crippen molar-refractivity contribution in [2.75, 3.05) is 19.8 Å². The first kappa shape index (κ1) is 19.3. The fraction of sp³-hybridized carbons (Fsp3) is 0.300. The molecule has 2 atom stereocenters. The van der Waals surface area contributed by atoms with Gasteiger partial charge < -0.3 is 14.4 Å². The van der Waals surface area contributed by atoms with E-state index in [0.717, 1.165) is 5.56 Å². The lowest BCUT2D eigenvalue weighted by molar-refractivity contribution is -0.384. The number of ether oxygens (including phenoxy) is 2. The molecule has 0 N–H and O–H groups in total. The van der Waals surface area contributed by atoms with Crippen LogP contribution in [-0.2, 0) is 9.53 Å². The van der Waals surface area contributed by atoms with Gasteiger partial charge in [0.25, 0.3) is 11.6 Å². The molecule has 0 radical (unpaired) electrons. The molecule has 0 bridgehead atoms. The van der Waals surface area contributed by atoms with Gasteiger partial charge in [0.1, 0.15) is 11.8 Å². The van der Waals surface area contributed by atoms with Crippen molar-refractivity contribution in [2.45, 2.75) is 19.1 Å². The Labute approximate surface area is 162 Å². The molecule has 1 amide bonds. The highest BCUT2D eigenvalue weighted by atomic mass is 16.6. The van der Waals surface area contributed by atoms with Crippen molar-refractivity contribution in [3.63, 3.8) is 0 Å². The summed E-state index contributed by atoms with van der Waals surface area (Å²) in [5.74, 6) is 0.235. The zero-order valence-corrected chi connectivity index (χ0v) is 15.3. The Bertz CT molecular complexity index is 907. The van der Waals surface area contributed by atoms with Crippen LogP contribution in [0.15, 0.2) is 48.5 Å². The molecule has 0 spiro atoms. The lowest BCUT2D eigenvalue weighted by Gasteiger charge is -2.46. The molecule has 1 aliphatic heterocycles. The standard InChI is InChI=1S/C20H19N3O5/c1-2-27-11-10-22-18(15-6-8-16(9-7-15)23(25)26)19(20(22)24)28-17-5-3-4-14(12-17)13-21/h3-9,12,18-19H,2,10-11H2,1H3. The summed E-state index contributed by atoms with van der Waals surface area (Å²) >= 11 is 0. The molecule has 1 fully saturated rings. The van der Waals surface area contributed by atoms with Gasteiger partial charge in [0.15, 0.2) is 0 Å². The van der Waals surface area contributed by atoms with E-state index in [2.05, 4.69) is 0 Å². The van der Waals surface area contributed by atoms with Crippen LogP contribution in [0.4, 0.5) is 5.69 Å². The predicted molar refractivity (Wildman–Crippen MR) is 99.6 cm³/mol. The zero-order chi connectivity index (χ0) is 20.1. The largest absolute Gasteiger partial charge is 0.478 e. The number of carbonyl (C=O) groups excluding carboxylic acids is 1. The van der Waals surface area contributed by atoms with Gasteiger partial charge in [-0.1, -0.05) is 6.07 Å². The van der Waals surface area contributed by atoms with Crippen LogP contribution in [-0.4, -0.2) is 41.6 Å². The molecule has 8 heteroatoms. The Hall–Kier alpha value is -3.44. The number of nitro benzene ring substituents is 1. The summed E-state index contributed by atoms with van der Waals surface area (Å²) in [5, 5.41) is 19.9. The van der Waals surface area contributed by atoms with Gasteiger partial charge >= 0.3 is 0 Å². The predicted octanol–water partition coefficient (Wildman–Crippen LogP) is 2.83. The normalized spacial score (nSPS) is 18.3. The Morgan fingerprint density at radius 2 is 2.00 bits per heavy atom.